The minimum absolute atomic E-state index is 0.0153. The molecule has 2 N–H and O–H groups in total. The molecule has 160 valence electrons. The summed E-state index contributed by atoms with van der Waals surface area (Å²) in [5.41, 5.74) is 4.62. The van der Waals surface area contributed by atoms with Crippen molar-refractivity contribution < 1.29 is 23.8 Å². The molecular weight excluding hydrogens is 384 g/mol. The molecule has 0 saturated heterocycles. The molecule has 2 aromatic rings. The second kappa shape index (κ2) is 10.8. The lowest BCUT2D eigenvalue weighted by atomic mass is 9.98. The third kappa shape index (κ3) is 5.81. The highest BCUT2D eigenvalue weighted by Crippen LogP contribution is 2.44. The van der Waals surface area contributed by atoms with Gasteiger partial charge < -0.3 is 24.8 Å². The lowest BCUT2D eigenvalue weighted by Crippen LogP contribution is -2.38. The Morgan fingerprint density at radius 1 is 0.933 bits per heavy atom. The van der Waals surface area contributed by atoms with Crippen molar-refractivity contribution in [3.63, 3.8) is 0 Å². The number of rotatable bonds is 10. The molecule has 0 heterocycles. The first-order valence-corrected chi connectivity index (χ1v) is 10.1. The number of carbonyl (C=O) groups excluding carboxylic acids is 2. The van der Waals surface area contributed by atoms with Crippen LogP contribution in [-0.4, -0.2) is 51.2 Å². The second-order valence-electron chi connectivity index (χ2n) is 7.25. The molecule has 0 unspecified atom stereocenters. The van der Waals surface area contributed by atoms with Crippen LogP contribution in [0, 0.1) is 0 Å². The molecule has 1 aliphatic rings. The Bertz CT molecular complexity index is 823. The quantitative estimate of drug-likeness (QED) is 0.463. The van der Waals surface area contributed by atoms with E-state index in [0.29, 0.717) is 13.2 Å². The van der Waals surface area contributed by atoms with Crippen LogP contribution < -0.4 is 10.6 Å². The number of alkyl carbamates (subject to hydrolysis) is 1. The van der Waals surface area contributed by atoms with Crippen molar-refractivity contribution >= 4 is 12.0 Å². The lowest BCUT2D eigenvalue weighted by Gasteiger charge is -2.14. The third-order valence-electron chi connectivity index (χ3n) is 4.79. The van der Waals surface area contributed by atoms with Gasteiger partial charge in [-0.05, 0) is 36.1 Å². The van der Waals surface area contributed by atoms with Gasteiger partial charge in [0, 0.05) is 5.92 Å². The normalized spacial score (nSPS) is 12.4. The summed E-state index contributed by atoms with van der Waals surface area (Å²) in [7, 11) is 0. The van der Waals surface area contributed by atoms with Crippen LogP contribution >= 0.6 is 0 Å². The smallest absolute Gasteiger partial charge is 0.407 e. The highest BCUT2D eigenvalue weighted by molar-refractivity contribution is 5.82. The summed E-state index contributed by atoms with van der Waals surface area (Å²) in [6.45, 7) is 4.83. The predicted octanol–water partition coefficient (Wildman–Crippen LogP) is 3.04. The van der Waals surface area contributed by atoms with Gasteiger partial charge in [-0.3, -0.25) is 4.79 Å². The molecule has 1 aliphatic carbocycles. The van der Waals surface area contributed by atoms with Crippen molar-refractivity contribution in [3.8, 4) is 11.1 Å². The van der Waals surface area contributed by atoms with Gasteiger partial charge in [-0.25, -0.2) is 4.79 Å². The Balaban J connectivity index is 1.39. The molecule has 3 rings (SSSR count). The average Bonchev–Trinajstić information content (AvgIpc) is 3.07. The van der Waals surface area contributed by atoms with Crippen molar-refractivity contribution in [2.24, 2.45) is 0 Å². The molecule has 7 heteroatoms. The molecule has 0 aromatic heterocycles. The summed E-state index contributed by atoms with van der Waals surface area (Å²) >= 11 is 0. The standard InChI is InChI=1S/C23H28N2O5/c1-16(2)29-12-11-28-15-25-22(26)13-24-23(27)30-14-21-19-9-5-3-7-17(19)18-8-4-6-10-20(18)21/h3-10,16,21H,11-15H2,1-2H3,(H,24,27)(H,25,26). The minimum atomic E-state index is -0.627. The van der Waals surface area contributed by atoms with Crippen LogP contribution in [0.4, 0.5) is 4.79 Å². The van der Waals surface area contributed by atoms with Gasteiger partial charge in [0.2, 0.25) is 5.91 Å². The summed E-state index contributed by atoms with van der Waals surface area (Å²) in [4.78, 5) is 23.8. The van der Waals surface area contributed by atoms with Crippen molar-refractivity contribution in [2.45, 2.75) is 25.9 Å². The fourth-order valence-electron chi connectivity index (χ4n) is 3.41. The zero-order valence-electron chi connectivity index (χ0n) is 17.4. The van der Waals surface area contributed by atoms with E-state index in [-0.39, 0.29) is 37.8 Å². The number of carbonyl (C=O) groups is 2. The summed E-state index contributed by atoms with van der Waals surface area (Å²) in [5, 5.41) is 5.03. The van der Waals surface area contributed by atoms with E-state index in [1.807, 2.05) is 38.1 Å². The van der Waals surface area contributed by atoms with E-state index in [1.54, 1.807) is 0 Å². The molecule has 0 aliphatic heterocycles. The topological polar surface area (TPSA) is 85.9 Å². The average molecular weight is 412 g/mol. The third-order valence-corrected chi connectivity index (χ3v) is 4.79. The summed E-state index contributed by atoms with van der Waals surface area (Å²) in [6.07, 6.45) is -0.483. The molecular formula is C23H28N2O5. The van der Waals surface area contributed by atoms with Crippen LogP contribution in [-0.2, 0) is 19.0 Å². The van der Waals surface area contributed by atoms with E-state index in [1.165, 1.54) is 11.1 Å². The van der Waals surface area contributed by atoms with Crippen LogP contribution in [0.5, 0.6) is 0 Å². The highest BCUT2D eigenvalue weighted by Gasteiger charge is 2.28. The first-order chi connectivity index (χ1) is 14.6. The highest BCUT2D eigenvalue weighted by atomic mass is 16.5. The SMILES string of the molecule is CC(C)OCCOCNC(=O)CNC(=O)OCC1c2ccccc2-c2ccccc21. The van der Waals surface area contributed by atoms with Crippen molar-refractivity contribution in [3.05, 3.63) is 59.7 Å². The largest absolute Gasteiger partial charge is 0.449 e. The zero-order chi connectivity index (χ0) is 21.3. The maximum absolute atomic E-state index is 12.0. The molecule has 7 nitrogen and oxygen atoms in total. The minimum Gasteiger partial charge on any atom is -0.449 e. The number of ether oxygens (including phenoxy) is 3. The van der Waals surface area contributed by atoms with E-state index in [4.69, 9.17) is 14.2 Å². The van der Waals surface area contributed by atoms with Gasteiger partial charge in [-0.2, -0.15) is 0 Å². The van der Waals surface area contributed by atoms with Gasteiger partial charge in [0.1, 0.15) is 19.9 Å². The first kappa shape index (κ1) is 21.8. The van der Waals surface area contributed by atoms with Gasteiger partial charge in [0.25, 0.3) is 0 Å². The molecule has 0 bridgehead atoms. The van der Waals surface area contributed by atoms with Gasteiger partial charge >= 0.3 is 6.09 Å². The molecule has 0 fully saturated rings. The maximum Gasteiger partial charge on any atom is 0.407 e. The fraction of sp³-hybridized carbons (Fsp3) is 0.391. The molecule has 0 spiro atoms. The molecule has 2 amide bonds. The molecule has 30 heavy (non-hydrogen) atoms. The molecule has 0 saturated carbocycles. The number of hydrogen-bond donors (Lipinski definition) is 2. The Kier molecular flexibility index (Phi) is 7.82. The van der Waals surface area contributed by atoms with Crippen LogP contribution in [0.25, 0.3) is 11.1 Å². The Morgan fingerprint density at radius 2 is 1.57 bits per heavy atom. The van der Waals surface area contributed by atoms with Crippen LogP contribution in [0.3, 0.4) is 0 Å². The summed E-state index contributed by atoms with van der Waals surface area (Å²) in [6, 6.07) is 16.3. The van der Waals surface area contributed by atoms with E-state index >= 15 is 0 Å². The van der Waals surface area contributed by atoms with Crippen molar-refractivity contribution in [1.29, 1.82) is 0 Å². The number of fused-ring (bicyclic) bond motifs is 3. The van der Waals surface area contributed by atoms with Gasteiger partial charge in [-0.15, -0.1) is 0 Å². The van der Waals surface area contributed by atoms with Crippen LogP contribution in [0.1, 0.15) is 30.9 Å². The predicted molar refractivity (Wildman–Crippen MR) is 113 cm³/mol. The monoisotopic (exact) mass is 412 g/mol. The number of hydrogen-bond acceptors (Lipinski definition) is 5. The molecule has 0 atom stereocenters. The number of benzene rings is 2. The maximum atomic E-state index is 12.0. The molecule has 0 radical (unpaired) electrons. The van der Waals surface area contributed by atoms with Crippen LogP contribution in [0.15, 0.2) is 48.5 Å². The summed E-state index contributed by atoms with van der Waals surface area (Å²) < 4.78 is 16.0. The Morgan fingerprint density at radius 3 is 2.20 bits per heavy atom. The number of amides is 2. The van der Waals surface area contributed by atoms with E-state index in [2.05, 4.69) is 34.9 Å². The lowest BCUT2D eigenvalue weighted by molar-refractivity contribution is -0.122. The Hall–Kier alpha value is -2.90. The van der Waals surface area contributed by atoms with E-state index < -0.39 is 6.09 Å². The fourth-order valence-corrected chi connectivity index (χ4v) is 3.41. The van der Waals surface area contributed by atoms with E-state index in [9.17, 15) is 9.59 Å². The van der Waals surface area contributed by atoms with Crippen molar-refractivity contribution in [1.82, 2.24) is 10.6 Å². The van der Waals surface area contributed by atoms with Gasteiger partial charge in [0.05, 0.1) is 19.3 Å². The molecule has 2 aromatic carbocycles. The van der Waals surface area contributed by atoms with Gasteiger partial charge in [-0.1, -0.05) is 48.5 Å². The number of nitrogens with one attached hydrogen (secondary N) is 2. The van der Waals surface area contributed by atoms with Gasteiger partial charge in [0.15, 0.2) is 0 Å². The second-order valence-corrected chi connectivity index (χ2v) is 7.25. The first-order valence-electron chi connectivity index (χ1n) is 10.1. The summed E-state index contributed by atoms with van der Waals surface area (Å²) in [5.74, 6) is -0.369. The van der Waals surface area contributed by atoms with Crippen molar-refractivity contribution in [2.75, 3.05) is 33.1 Å². The van der Waals surface area contributed by atoms with E-state index in [0.717, 1.165) is 11.1 Å². The zero-order valence-corrected chi connectivity index (χ0v) is 17.4. The Labute approximate surface area is 176 Å². The van der Waals surface area contributed by atoms with Crippen LogP contribution in [0.2, 0.25) is 0 Å².